The van der Waals surface area contributed by atoms with Crippen molar-refractivity contribution in [3.8, 4) is 17.5 Å². The van der Waals surface area contributed by atoms with E-state index in [1.807, 2.05) is 6.07 Å². The second-order valence-corrected chi connectivity index (χ2v) is 11.7. The molecule has 1 atom stereocenters. The van der Waals surface area contributed by atoms with E-state index in [-0.39, 0.29) is 0 Å². The van der Waals surface area contributed by atoms with E-state index < -0.39 is 0 Å². The van der Waals surface area contributed by atoms with Gasteiger partial charge in [-0.2, -0.15) is 5.26 Å². The maximum atomic E-state index is 9.81. The quantitative estimate of drug-likeness (QED) is 0.322. The second-order valence-electron chi connectivity index (χ2n) is 11.7. The number of hydrogen-bond donors (Lipinski definition) is 0. The number of hydrogen-bond acceptors (Lipinski definition) is 2. The first kappa shape index (κ1) is 25.5. The number of nitrogens with zero attached hydrogens (tertiary/aromatic N) is 3. The zero-order valence-electron chi connectivity index (χ0n) is 23.7. The summed E-state index contributed by atoms with van der Waals surface area (Å²) in [6.07, 6.45) is 8.52. The molecule has 1 aromatic heterocycles. The molecule has 0 saturated heterocycles. The number of allylic oxidation sites excluding steroid dienone is 4. The fourth-order valence-corrected chi connectivity index (χ4v) is 6.53. The van der Waals surface area contributed by atoms with E-state index in [2.05, 4.69) is 89.4 Å². The van der Waals surface area contributed by atoms with Crippen LogP contribution in [-0.4, -0.2) is 9.55 Å². The Morgan fingerprint density at radius 2 is 1.70 bits per heavy atom. The monoisotopic (exact) mass is 491 g/mol. The molecule has 1 unspecified atom stereocenters. The van der Waals surface area contributed by atoms with Crippen LogP contribution in [0.1, 0.15) is 121 Å². The topological polar surface area (TPSA) is 41.6 Å². The summed E-state index contributed by atoms with van der Waals surface area (Å²) in [6, 6.07) is 13.4. The molecule has 0 spiro atoms. The molecule has 0 aliphatic heterocycles. The lowest BCUT2D eigenvalue weighted by molar-refractivity contribution is 0.359. The first-order valence-corrected chi connectivity index (χ1v) is 14.2. The molecular formula is C34H41N3. The Kier molecular flexibility index (Phi) is 6.88. The highest BCUT2D eigenvalue weighted by molar-refractivity contribution is 5.90. The van der Waals surface area contributed by atoms with Crippen LogP contribution in [0.25, 0.3) is 28.1 Å². The third-order valence-corrected chi connectivity index (χ3v) is 9.30. The third-order valence-electron chi connectivity index (χ3n) is 9.30. The Balaban J connectivity index is 1.92. The minimum atomic E-state index is 0.376. The molecule has 3 aliphatic rings. The highest BCUT2D eigenvalue weighted by atomic mass is 15.1. The normalized spacial score (nSPS) is 20.7. The Bertz CT molecular complexity index is 1450. The molecule has 3 aliphatic carbocycles. The van der Waals surface area contributed by atoms with Gasteiger partial charge in [0, 0.05) is 11.3 Å². The highest BCUT2D eigenvalue weighted by Gasteiger charge is 2.34. The average Bonchev–Trinajstić information content (AvgIpc) is 3.29. The summed E-state index contributed by atoms with van der Waals surface area (Å²) in [6.45, 7) is 15.7. The molecule has 1 fully saturated rings. The lowest BCUT2D eigenvalue weighted by atomic mass is 9.67. The number of aromatic nitrogens is 2. The zero-order chi connectivity index (χ0) is 26.4. The summed E-state index contributed by atoms with van der Waals surface area (Å²) in [5.41, 5.74) is 12.3. The molecule has 0 radical (unpaired) electrons. The van der Waals surface area contributed by atoms with Gasteiger partial charge in [-0.25, -0.2) is 4.98 Å². The summed E-state index contributed by atoms with van der Waals surface area (Å²) < 4.78 is 2.44. The summed E-state index contributed by atoms with van der Waals surface area (Å²) in [5, 5.41) is 9.81. The molecule has 2 aromatic carbocycles. The third kappa shape index (κ3) is 4.25. The smallest absolute Gasteiger partial charge is 0.146 e. The van der Waals surface area contributed by atoms with Crippen LogP contribution >= 0.6 is 0 Å². The molecule has 3 heteroatoms. The van der Waals surface area contributed by atoms with Crippen LogP contribution in [-0.2, 0) is 0 Å². The summed E-state index contributed by atoms with van der Waals surface area (Å²) in [7, 11) is 0. The Hall–Kier alpha value is -3.12. The molecule has 0 amide bonds. The SMILES string of the molecule is C/C=C(C)\C(=C(\C)C(C)C)n1c(-c2cc(C#N)ccc2C(C)CC)nc2cc3c(cc21)C1CCC3CC1. The van der Waals surface area contributed by atoms with Crippen molar-refractivity contribution in [3.05, 3.63) is 69.8 Å². The van der Waals surface area contributed by atoms with E-state index in [1.54, 1.807) is 5.56 Å². The maximum Gasteiger partial charge on any atom is 0.146 e. The number of imidazole rings is 1. The van der Waals surface area contributed by atoms with Gasteiger partial charge in [0.15, 0.2) is 0 Å². The van der Waals surface area contributed by atoms with Crippen molar-refractivity contribution < 1.29 is 0 Å². The van der Waals surface area contributed by atoms with E-state index in [0.29, 0.717) is 29.2 Å². The van der Waals surface area contributed by atoms with Gasteiger partial charge in [0.1, 0.15) is 5.82 Å². The van der Waals surface area contributed by atoms with Gasteiger partial charge in [0.05, 0.1) is 22.7 Å². The van der Waals surface area contributed by atoms with Gasteiger partial charge in [-0.1, -0.05) is 39.8 Å². The van der Waals surface area contributed by atoms with E-state index in [9.17, 15) is 5.26 Å². The van der Waals surface area contributed by atoms with Crippen molar-refractivity contribution in [3.63, 3.8) is 0 Å². The molecule has 0 N–H and O–H groups in total. The lowest BCUT2D eigenvalue weighted by Gasteiger charge is -2.38. The molecule has 1 heterocycles. The van der Waals surface area contributed by atoms with Gasteiger partial charge in [0.2, 0.25) is 0 Å². The average molecular weight is 492 g/mol. The van der Waals surface area contributed by atoms with Crippen LogP contribution in [0.5, 0.6) is 0 Å². The van der Waals surface area contributed by atoms with E-state index in [4.69, 9.17) is 4.98 Å². The zero-order valence-corrected chi connectivity index (χ0v) is 23.7. The fraction of sp³-hybridized carbons (Fsp3) is 0.471. The number of rotatable bonds is 6. The molecule has 192 valence electrons. The molecule has 1 saturated carbocycles. The standard InChI is InChI=1S/C34H41N3/c1-8-21(5)27-15-10-24(19-35)16-30(27)34-36-31-17-28-25-11-13-26(14-12-25)29(28)18-32(31)37(34)33(22(6)9-2)23(7)20(3)4/h9-10,15-18,20-21,25-26H,8,11-14H2,1-7H3/b22-9-,33-23+. The maximum absolute atomic E-state index is 9.81. The number of nitriles is 1. The van der Waals surface area contributed by atoms with Crippen molar-refractivity contribution in [1.82, 2.24) is 9.55 Å². The van der Waals surface area contributed by atoms with E-state index in [0.717, 1.165) is 23.3 Å². The van der Waals surface area contributed by atoms with Crippen LogP contribution in [0.4, 0.5) is 0 Å². The first-order chi connectivity index (χ1) is 17.8. The van der Waals surface area contributed by atoms with Crippen LogP contribution in [0, 0.1) is 17.2 Å². The number of fused-ring (bicyclic) bond motifs is 3. The molecule has 2 bridgehead atoms. The van der Waals surface area contributed by atoms with Crippen molar-refractivity contribution in [2.75, 3.05) is 0 Å². The largest absolute Gasteiger partial charge is 0.292 e. The van der Waals surface area contributed by atoms with E-state index in [1.165, 1.54) is 59.2 Å². The Labute approximate surface area is 222 Å². The fourth-order valence-electron chi connectivity index (χ4n) is 6.53. The minimum absolute atomic E-state index is 0.376. The summed E-state index contributed by atoms with van der Waals surface area (Å²) >= 11 is 0. The molecule has 3 nitrogen and oxygen atoms in total. The van der Waals surface area contributed by atoms with Gasteiger partial charge in [-0.3, -0.25) is 4.57 Å². The van der Waals surface area contributed by atoms with Crippen LogP contribution in [0.2, 0.25) is 0 Å². The molecule has 6 rings (SSSR count). The van der Waals surface area contributed by atoms with Gasteiger partial charge in [-0.05, 0) is 129 Å². The Morgan fingerprint density at radius 1 is 1.05 bits per heavy atom. The van der Waals surface area contributed by atoms with Crippen molar-refractivity contribution in [1.29, 1.82) is 5.26 Å². The van der Waals surface area contributed by atoms with Gasteiger partial charge >= 0.3 is 0 Å². The minimum Gasteiger partial charge on any atom is -0.292 e. The van der Waals surface area contributed by atoms with Gasteiger partial charge in [-0.15, -0.1) is 0 Å². The summed E-state index contributed by atoms with van der Waals surface area (Å²) in [5.74, 6) is 3.11. The lowest BCUT2D eigenvalue weighted by Crippen LogP contribution is -2.21. The molecule has 3 aromatic rings. The Morgan fingerprint density at radius 3 is 2.27 bits per heavy atom. The van der Waals surface area contributed by atoms with Crippen molar-refractivity contribution in [2.24, 2.45) is 5.92 Å². The second kappa shape index (κ2) is 9.97. The van der Waals surface area contributed by atoms with Crippen LogP contribution < -0.4 is 0 Å². The summed E-state index contributed by atoms with van der Waals surface area (Å²) in [4.78, 5) is 5.40. The molecular weight excluding hydrogens is 450 g/mol. The highest BCUT2D eigenvalue weighted by Crippen LogP contribution is 2.51. The van der Waals surface area contributed by atoms with E-state index >= 15 is 0 Å². The van der Waals surface area contributed by atoms with Crippen LogP contribution in [0.3, 0.4) is 0 Å². The number of benzene rings is 2. The van der Waals surface area contributed by atoms with Crippen LogP contribution in [0.15, 0.2) is 47.6 Å². The van der Waals surface area contributed by atoms with Crippen molar-refractivity contribution >= 4 is 16.7 Å². The van der Waals surface area contributed by atoms with Gasteiger partial charge in [0.25, 0.3) is 0 Å². The van der Waals surface area contributed by atoms with Crippen molar-refractivity contribution in [2.45, 2.75) is 98.3 Å². The molecule has 37 heavy (non-hydrogen) atoms. The predicted molar refractivity (Wildman–Crippen MR) is 156 cm³/mol. The first-order valence-electron chi connectivity index (χ1n) is 14.2. The van der Waals surface area contributed by atoms with Gasteiger partial charge < -0.3 is 0 Å². The predicted octanol–water partition coefficient (Wildman–Crippen LogP) is 9.70.